The van der Waals surface area contributed by atoms with E-state index in [0.29, 0.717) is 11.8 Å². The Morgan fingerprint density at radius 2 is 1.70 bits per heavy atom. The summed E-state index contributed by atoms with van der Waals surface area (Å²) in [7, 11) is 1.37. The minimum atomic E-state index is -4.79. The van der Waals surface area contributed by atoms with Crippen LogP contribution in [0, 0.1) is 0 Å². The van der Waals surface area contributed by atoms with Crippen LogP contribution in [0.3, 0.4) is 0 Å². The molecule has 0 aliphatic heterocycles. The average molecular weight is 333 g/mol. The van der Waals surface area contributed by atoms with Gasteiger partial charge in [-0.2, -0.15) is 0 Å². The molecule has 128 valence electrons. The number of halogens is 3. The Morgan fingerprint density at radius 1 is 1.17 bits per heavy atom. The third kappa shape index (κ3) is 6.17. The van der Waals surface area contributed by atoms with Crippen molar-refractivity contribution in [2.45, 2.75) is 38.8 Å². The van der Waals surface area contributed by atoms with E-state index in [0.717, 1.165) is 17.0 Å². The van der Waals surface area contributed by atoms with Gasteiger partial charge in [0, 0.05) is 7.05 Å². The van der Waals surface area contributed by atoms with Gasteiger partial charge in [0.05, 0.1) is 0 Å². The molecule has 1 atom stereocenters. The summed E-state index contributed by atoms with van der Waals surface area (Å²) in [5.41, 5.74) is -0.397. The molecule has 0 saturated carbocycles. The van der Waals surface area contributed by atoms with Crippen molar-refractivity contribution in [1.82, 2.24) is 4.90 Å². The molecule has 0 N–H and O–H groups in total. The van der Waals surface area contributed by atoms with Crippen LogP contribution in [-0.4, -0.2) is 36.3 Å². The fourth-order valence-corrected chi connectivity index (χ4v) is 1.71. The maximum Gasteiger partial charge on any atom is 0.573 e. The summed E-state index contributed by atoms with van der Waals surface area (Å²) in [6, 6.07) is 3.72. The number of likely N-dealkylation sites (N-methyl/N-ethyl adjacent to an activating group) is 1. The predicted octanol–water partition coefficient (Wildman–Crippen LogP) is 3.69. The lowest BCUT2D eigenvalue weighted by Crippen LogP contribution is -2.37. The van der Waals surface area contributed by atoms with E-state index in [1.54, 1.807) is 20.8 Å². The second-order valence-corrected chi connectivity index (χ2v) is 5.79. The van der Waals surface area contributed by atoms with Gasteiger partial charge in [-0.25, -0.2) is 4.79 Å². The lowest BCUT2D eigenvalue weighted by molar-refractivity contribution is -0.274. The second-order valence-electron chi connectivity index (χ2n) is 5.79. The molecule has 1 amide bonds. The van der Waals surface area contributed by atoms with Crippen LogP contribution in [-0.2, 0) is 9.53 Å². The zero-order valence-corrected chi connectivity index (χ0v) is 13.2. The number of ether oxygens (including phenoxy) is 2. The van der Waals surface area contributed by atoms with Gasteiger partial charge < -0.3 is 14.3 Å². The number of nitrogens with zero attached hydrogens (tertiary/aromatic N) is 1. The zero-order valence-electron chi connectivity index (χ0n) is 13.2. The van der Waals surface area contributed by atoms with Crippen molar-refractivity contribution in [1.29, 1.82) is 0 Å². The lowest BCUT2D eigenvalue weighted by atomic mass is 10.1. The van der Waals surface area contributed by atoms with Gasteiger partial charge >= 0.3 is 12.5 Å². The number of rotatable bonds is 4. The number of hydrogen-bond donors (Lipinski definition) is 0. The number of carbonyl (C=O) groups excluding carboxylic acids is 2. The van der Waals surface area contributed by atoms with E-state index >= 15 is 0 Å². The molecule has 1 unspecified atom stereocenters. The number of amides is 1. The van der Waals surface area contributed by atoms with Crippen molar-refractivity contribution < 1.29 is 32.2 Å². The van der Waals surface area contributed by atoms with Gasteiger partial charge in [0.15, 0.2) is 0 Å². The average Bonchev–Trinajstić information content (AvgIpc) is 2.37. The van der Waals surface area contributed by atoms with Crippen LogP contribution in [0.4, 0.5) is 18.0 Å². The number of benzene rings is 1. The number of alkyl halides is 3. The smallest absolute Gasteiger partial charge is 0.444 e. The summed E-state index contributed by atoms with van der Waals surface area (Å²) < 4.78 is 45.2. The van der Waals surface area contributed by atoms with E-state index in [9.17, 15) is 22.8 Å². The van der Waals surface area contributed by atoms with Crippen molar-refractivity contribution in [3.63, 3.8) is 0 Å². The SMILES string of the molecule is CN(C(=O)OC(C)(C)C)C(C=O)c1ccc(OC(F)(F)F)cc1. The third-order valence-electron chi connectivity index (χ3n) is 2.68. The first kappa shape index (κ1) is 18.8. The van der Waals surface area contributed by atoms with Gasteiger partial charge in [0.1, 0.15) is 23.7 Å². The van der Waals surface area contributed by atoms with Crippen molar-refractivity contribution >= 4 is 12.4 Å². The molecule has 5 nitrogen and oxygen atoms in total. The molecule has 0 aliphatic rings. The third-order valence-corrected chi connectivity index (χ3v) is 2.68. The molecule has 0 saturated heterocycles. The summed E-state index contributed by atoms with van der Waals surface area (Å²) in [5, 5.41) is 0. The Kier molecular flexibility index (Phi) is 5.63. The maximum absolute atomic E-state index is 12.1. The minimum Gasteiger partial charge on any atom is -0.444 e. The van der Waals surface area contributed by atoms with E-state index in [4.69, 9.17) is 4.74 Å². The molecule has 8 heteroatoms. The van der Waals surface area contributed by atoms with E-state index < -0.39 is 29.8 Å². The van der Waals surface area contributed by atoms with E-state index in [2.05, 4.69) is 4.74 Å². The van der Waals surface area contributed by atoms with Crippen LogP contribution in [0.5, 0.6) is 5.75 Å². The topological polar surface area (TPSA) is 55.8 Å². The summed E-state index contributed by atoms with van der Waals surface area (Å²) in [4.78, 5) is 24.3. The van der Waals surface area contributed by atoms with Gasteiger partial charge in [-0.1, -0.05) is 12.1 Å². The maximum atomic E-state index is 12.1. The van der Waals surface area contributed by atoms with E-state index in [-0.39, 0.29) is 0 Å². The molecule has 0 heterocycles. The molecule has 0 aliphatic carbocycles. The highest BCUT2D eigenvalue weighted by Gasteiger charge is 2.31. The molecule has 0 spiro atoms. The van der Waals surface area contributed by atoms with Gasteiger partial charge in [0.25, 0.3) is 0 Å². The van der Waals surface area contributed by atoms with Crippen molar-refractivity contribution in [3.8, 4) is 5.75 Å². The molecular weight excluding hydrogens is 315 g/mol. The molecule has 23 heavy (non-hydrogen) atoms. The Hall–Kier alpha value is -2.25. The van der Waals surface area contributed by atoms with Crippen molar-refractivity contribution in [3.05, 3.63) is 29.8 Å². The molecule has 1 rings (SSSR count). The Balaban J connectivity index is 2.89. The van der Waals surface area contributed by atoms with Crippen LogP contribution in [0.15, 0.2) is 24.3 Å². The number of carbonyl (C=O) groups is 2. The fourth-order valence-electron chi connectivity index (χ4n) is 1.71. The summed E-state index contributed by atoms with van der Waals surface area (Å²) >= 11 is 0. The van der Waals surface area contributed by atoms with Crippen LogP contribution >= 0.6 is 0 Å². The highest BCUT2D eigenvalue weighted by molar-refractivity contribution is 5.74. The largest absolute Gasteiger partial charge is 0.573 e. The van der Waals surface area contributed by atoms with Crippen LogP contribution in [0.1, 0.15) is 32.4 Å². The normalized spacial score (nSPS) is 13.2. The quantitative estimate of drug-likeness (QED) is 0.789. The fraction of sp³-hybridized carbons (Fsp3) is 0.467. The van der Waals surface area contributed by atoms with Crippen molar-refractivity contribution in [2.24, 2.45) is 0 Å². The van der Waals surface area contributed by atoms with Gasteiger partial charge in [-0.05, 0) is 38.5 Å². The summed E-state index contributed by atoms with van der Waals surface area (Å²) in [6.07, 6.45) is -5.01. The van der Waals surface area contributed by atoms with Crippen molar-refractivity contribution in [2.75, 3.05) is 7.05 Å². The first-order valence-electron chi connectivity index (χ1n) is 6.70. The monoisotopic (exact) mass is 333 g/mol. The summed E-state index contributed by atoms with van der Waals surface area (Å²) in [5.74, 6) is -0.411. The molecule has 1 aromatic rings. The predicted molar refractivity (Wildman–Crippen MR) is 75.9 cm³/mol. The van der Waals surface area contributed by atoms with Gasteiger partial charge in [-0.3, -0.25) is 4.90 Å². The van der Waals surface area contributed by atoms with Gasteiger partial charge in [0.2, 0.25) is 0 Å². The first-order chi connectivity index (χ1) is 10.4. The Bertz CT molecular complexity index is 549. The van der Waals surface area contributed by atoms with E-state index in [1.165, 1.54) is 19.2 Å². The Morgan fingerprint density at radius 3 is 2.09 bits per heavy atom. The molecule has 0 aromatic heterocycles. The summed E-state index contributed by atoms with van der Waals surface area (Å²) in [6.45, 7) is 5.04. The van der Waals surface area contributed by atoms with E-state index in [1.807, 2.05) is 0 Å². The number of hydrogen-bond acceptors (Lipinski definition) is 4. The molecular formula is C15H18F3NO4. The highest BCUT2D eigenvalue weighted by Crippen LogP contribution is 2.26. The zero-order chi connectivity index (χ0) is 17.8. The Labute approximate surface area is 132 Å². The number of aldehydes is 1. The highest BCUT2D eigenvalue weighted by atomic mass is 19.4. The van der Waals surface area contributed by atoms with Crippen LogP contribution in [0.2, 0.25) is 0 Å². The molecule has 0 bridgehead atoms. The molecule has 0 radical (unpaired) electrons. The van der Waals surface area contributed by atoms with Crippen LogP contribution in [0.25, 0.3) is 0 Å². The van der Waals surface area contributed by atoms with Gasteiger partial charge in [-0.15, -0.1) is 13.2 Å². The lowest BCUT2D eigenvalue weighted by Gasteiger charge is -2.28. The van der Waals surface area contributed by atoms with Crippen LogP contribution < -0.4 is 4.74 Å². The first-order valence-corrected chi connectivity index (χ1v) is 6.70. The minimum absolute atomic E-state index is 0.336. The standard InChI is InChI=1S/C15H18F3NO4/c1-14(2,3)23-13(21)19(4)12(9-20)10-5-7-11(8-6-10)22-15(16,17)18/h5-9,12H,1-4H3. The second kappa shape index (κ2) is 6.89. The molecule has 0 fully saturated rings. The molecule has 1 aromatic carbocycles.